The number of ether oxygens (including phenoxy) is 3. The topological polar surface area (TPSA) is 156 Å². The number of aliphatic hydroxyl groups is 1. The van der Waals surface area contributed by atoms with E-state index in [-0.39, 0.29) is 31.1 Å². The maximum absolute atomic E-state index is 15.1. The Morgan fingerprint density at radius 1 is 0.573 bits per heavy atom. The van der Waals surface area contributed by atoms with Gasteiger partial charge in [-0.05, 0) is 43.5 Å². The van der Waals surface area contributed by atoms with Gasteiger partial charge in [-0.2, -0.15) is 0 Å². The molecule has 2 N–H and O–H groups in total. The van der Waals surface area contributed by atoms with Crippen molar-refractivity contribution in [2.75, 3.05) is 13.2 Å². The van der Waals surface area contributed by atoms with Gasteiger partial charge in [0.15, 0.2) is 6.10 Å². The van der Waals surface area contributed by atoms with Gasteiger partial charge in [0, 0.05) is 6.92 Å². The number of phosphoric ester groups is 1. The molecule has 2 aromatic rings. The van der Waals surface area contributed by atoms with E-state index in [1.54, 1.807) is 60.7 Å². The lowest BCUT2D eigenvalue weighted by atomic mass is 9.93. The molecule has 2 aromatic carbocycles. The van der Waals surface area contributed by atoms with E-state index in [4.69, 9.17) is 27.8 Å². The molecule has 1 unspecified atom stereocenters. The fourth-order valence-corrected chi connectivity index (χ4v) is 11.5. The van der Waals surface area contributed by atoms with E-state index in [0.29, 0.717) is 19.3 Å². The Hall–Kier alpha value is -3.44. The molecule has 1 amide bonds. The number of benzene rings is 2. The number of carbonyl (C=O) groups is 3. The first kappa shape index (κ1) is 65.8. The molecule has 1 fully saturated rings. The molecule has 1 aliphatic rings. The molecule has 3 rings (SSSR count). The lowest BCUT2D eigenvalue weighted by molar-refractivity contribution is -0.195. The first-order chi connectivity index (χ1) is 36.6. The monoisotopic (exact) mass is 1070 g/mol. The molecular weight excluding hydrogens is 966 g/mol. The van der Waals surface area contributed by atoms with Gasteiger partial charge in [-0.15, -0.1) is 0 Å². The molecule has 75 heavy (non-hydrogen) atoms. The van der Waals surface area contributed by atoms with Crippen LogP contribution in [0, 0.1) is 5.92 Å². The summed E-state index contributed by atoms with van der Waals surface area (Å²) in [6.07, 6.45) is 33.6. The lowest BCUT2D eigenvalue weighted by Gasteiger charge is -2.42. The summed E-state index contributed by atoms with van der Waals surface area (Å²) < 4.78 is 52.1. The van der Waals surface area contributed by atoms with Crippen LogP contribution in [0.1, 0.15) is 252 Å². The Balaban J connectivity index is 1.87. The number of nitrogens with one attached hydrogen (secondary N) is 1. The van der Waals surface area contributed by atoms with E-state index in [9.17, 15) is 19.5 Å². The standard InChI is InChI=1S/C62H104NO11P/c1-5-8-11-14-17-20-22-23-26-28-31-36-43-53(42-35-30-27-25-21-18-15-12-9-6-2)62(67)71-60-57(63-59(66)49-54(65)44-37-32-29-24-19-16-13-10-7-3)50-70-58(51-69-52(4)64)61(60)74-75(68,72-55-45-38-33-39-46-55)73-56-47-40-34-41-48-56/h33-34,38-41,45-48,53-54,57-58,60-61,65H,5-32,35-37,42-44,49-51H2,1-4H3,(H,63,66)/t53?,54-,57+,58-,60-,61-/m1/s1. The van der Waals surface area contributed by atoms with Gasteiger partial charge in [-0.3, -0.25) is 18.9 Å². The molecule has 428 valence electrons. The molecule has 0 radical (unpaired) electrons. The quantitative estimate of drug-likeness (QED) is 0.0369. The second-order valence-corrected chi connectivity index (χ2v) is 22.9. The van der Waals surface area contributed by atoms with Crippen LogP contribution in [0.3, 0.4) is 0 Å². The second kappa shape index (κ2) is 42.6. The van der Waals surface area contributed by atoms with Gasteiger partial charge in [-0.25, -0.2) is 4.57 Å². The van der Waals surface area contributed by atoms with Crippen molar-refractivity contribution >= 4 is 25.7 Å². The third-order valence-electron chi connectivity index (χ3n) is 14.5. The molecule has 0 spiro atoms. The van der Waals surface area contributed by atoms with Gasteiger partial charge in [0.1, 0.15) is 30.3 Å². The maximum atomic E-state index is 15.1. The van der Waals surface area contributed by atoms with Crippen LogP contribution in [0.15, 0.2) is 60.7 Å². The minimum Gasteiger partial charge on any atom is -0.463 e. The molecule has 0 aliphatic carbocycles. The number of hydrogen-bond acceptors (Lipinski definition) is 11. The zero-order chi connectivity index (χ0) is 54.0. The highest BCUT2D eigenvalue weighted by atomic mass is 31.2. The van der Waals surface area contributed by atoms with Crippen molar-refractivity contribution in [3.05, 3.63) is 60.7 Å². The summed E-state index contributed by atoms with van der Waals surface area (Å²) >= 11 is 0. The first-order valence-corrected chi connectivity index (χ1v) is 31.7. The third-order valence-corrected chi connectivity index (χ3v) is 15.9. The molecule has 0 aromatic heterocycles. The lowest BCUT2D eigenvalue weighted by Crippen LogP contribution is -2.62. The Morgan fingerprint density at radius 2 is 0.960 bits per heavy atom. The average molecular weight is 1070 g/mol. The number of amides is 1. The number of esters is 2. The SMILES string of the molecule is CCCCCCCCCCCCCCC(CCCCCCCCCCCC)C(=O)O[C@H]1[C@H](OP(=O)(Oc2ccccc2)Oc2ccccc2)[C@@H](COC(C)=O)OC[C@@H]1NC(=O)C[C@H](O)CCCCCCCCCCC. The van der Waals surface area contributed by atoms with E-state index in [2.05, 4.69) is 26.1 Å². The Labute approximate surface area is 455 Å². The minimum absolute atomic E-state index is 0.144. The van der Waals surface area contributed by atoms with Gasteiger partial charge in [-0.1, -0.05) is 256 Å². The fraction of sp³-hybridized carbons (Fsp3) is 0.758. The molecule has 0 bridgehead atoms. The summed E-state index contributed by atoms with van der Waals surface area (Å²) in [6.45, 7) is 7.51. The van der Waals surface area contributed by atoms with Gasteiger partial charge >= 0.3 is 19.8 Å². The zero-order valence-corrected chi connectivity index (χ0v) is 48.3. The molecule has 1 saturated heterocycles. The summed E-state index contributed by atoms with van der Waals surface area (Å²) in [5, 5.41) is 14.1. The van der Waals surface area contributed by atoms with E-state index in [1.165, 1.54) is 148 Å². The highest BCUT2D eigenvalue weighted by Gasteiger charge is 2.50. The minimum atomic E-state index is -4.68. The predicted molar refractivity (Wildman–Crippen MR) is 303 cm³/mol. The van der Waals surface area contributed by atoms with E-state index in [1.807, 2.05) is 0 Å². The average Bonchev–Trinajstić information content (AvgIpc) is 3.39. The molecule has 1 heterocycles. The number of carbonyl (C=O) groups excluding carboxylic acids is 3. The van der Waals surface area contributed by atoms with Crippen LogP contribution in [-0.4, -0.2) is 66.6 Å². The van der Waals surface area contributed by atoms with Crippen molar-refractivity contribution in [2.24, 2.45) is 5.92 Å². The summed E-state index contributed by atoms with van der Waals surface area (Å²) in [7, 11) is -4.68. The molecule has 0 saturated carbocycles. The van der Waals surface area contributed by atoms with Crippen molar-refractivity contribution < 1.29 is 51.8 Å². The number of aliphatic hydroxyl groups excluding tert-OH is 1. The van der Waals surface area contributed by atoms with Crippen LogP contribution in [-0.2, 0) is 37.7 Å². The molecule has 13 heteroatoms. The number of rotatable bonds is 47. The highest BCUT2D eigenvalue weighted by molar-refractivity contribution is 7.49. The first-order valence-electron chi connectivity index (χ1n) is 30.3. The fourth-order valence-electron chi connectivity index (χ4n) is 10.0. The molecular formula is C62H104NO11P. The van der Waals surface area contributed by atoms with Crippen molar-refractivity contribution in [3.63, 3.8) is 0 Å². The van der Waals surface area contributed by atoms with Crippen molar-refractivity contribution in [2.45, 2.75) is 283 Å². The van der Waals surface area contributed by atoms with Crippen molar-refractivity contribution in [1.82, 2.24) is 5.32 Å². The number of unbranched alkanes of at least 4 members (excludes halogenated alkanes) is 28. The maximum Gasteiger partial charge on any atom is 0.588 e. The third kappa shape index (κ3) is 31.5. The van der Waals surface area contributed by atoms with Crippen LogP contribution >= 0.6 is 7.82 Å². The summed E-state index contributed by atoms with van der Waals surface area (Å²) in [5.74, 6) is -1.50. The number of hydrogen-bond donors (Lipinski definition) is 2. The van der Waals surface area contributed by atoms with E-state index in [0.717, 1.165) is 57.8 Å². The Morgan fingerprint density at radius 3 is 1.36 bits per heavy atom. The smallest absolute Gasteiger partial charge is 0.463 e. The van der Waals surface area contributed by atoms with Gasteiger partial charge in [0.2, 0.25) is 5.91 Å². The largest absolute Gasteiger partial charge is 0.588 e. The van der Waals surface area contributed by atoms with Gasteiger partial charge in [0.05, 0.1) is 31.1 Å². The Kier molecular flexibility index (Phi) is 37.4. The summed E-state index contributed by atoms with van der Waals surface area (Å²) in [5.41, 5.74) is 0. The van der Waals surface area contributed by atoms with Crippen LogP contribution in [0.5, 0.6) is 11.5 Å². The van der Waals surface area contributed by atoms with Crippen LogP contribution in [0.4, 0.5) is 0 Å². The predicted octanol–water partition coefficient (Wildman–Crippen LogP) is 16.7. The zero-order valence-electron chi connectivity index (χ0n) is 47.4. The van der Waals surface area contributed by atoms with E-state index >= 15 is 4.57 Å². The van der Waals surface area contributed by atoms with Crippen molar-refractivity contribution in [1.29, 1.82) is 0 Å². The number of phosphoric acid groups is 1. The van der Waals surface area contributed by atoms with Crippen LogP contribution < -0.4 is 14.4 Å². The van der Waals surface area contributed by atoms with Crippen LogP contribution in [0.2, 0.25) is 0 Å². The summed E-state index contributed by atoms with van der Waals surface area (Å²) in [6, 6.07) is 16.0. The van der Waals surface area contributed by atoms with Gasteiger partial charge < -0.3 is 33.7 Å². The van der Waals surface area contributed by atoms with E-state index < -0.39 is 62.0 Å². The van der Waals surface area contributed by atoms with Crippen LogP contribution in [0.25, 0.3) is 0 Å². The van der Waals surface area contributed by atoms with Gasteiger partial charge in [0.25, 0.3) is 0 Å². The highest BCUT2D eigenvalue weighted by Crippen LogP contribution is 2.52. The Bertz CT molecular complexity index is 1720. The molecule has 1 aliphatic heterocycles. The summed E-state index contributed by atoms with van der Waals surface area (Å²) in [4.78, 5) is 41.1. The normalized spacial score (nSPS) is 17.5. The number of para-hydroxylation sites is 2. The molecule has 6 atom stereocenters. The molecule has 12 nitrogen and oxygen atoms in total. The second-order valence-electron chi connectivity index (χ2n) is 21.4. The van der Waals surface area contributed by atoms with Crippen molar-refractivity contribution in [3.8, 4) is 11.5 Å².